The Kier molecular flexibility index (Phi) is 7.65. The average Bonchev–Trinajstić information content (AvgIpc) is 3.41. The summed E-state index contributed by atoms with van der Waals surface area (Å²) in [5.41, 5.74) is 4.86. The van der Waals surface area contributed by atoms with Crippen LogP contribution >= 0.6 is 0 Å². The molecule has 0 unspecified atom stereocenters. The maximum Gasteiger partial charge on any atom is 0.173 e. The van der Waals surface area contributed by atoms with Gasteiger partial charge in [0.2, 0.25) is 0 Å². The minimum Gasteiger partial charge on any atom is -0.493 e. The lowest BCUT2D eigenvalue weighted by atomic mass is 10.0. The van der Waals surface area contributed by atoms with Gasteiger partial charge < -0.3 is 14.4 Å². The fourth-order valence-electron chi connectivity index (χ4n) is 4.99. The predicted octanol–water partition coefficient (Wildman–Crippen LogP) is 4.15. The van der Waals surface area contributed by atoms with E-state index in [-0.39, 0.29) is 6.04 Å². The molecule has 0 aliphatic carbocycles. The molecule has 4 aromatic rings. The van der Waals surface area contributed by atoms with Crippen molar-refractivity contribution in [1.29, 1.82) is 0 Å². The largest absolute Gasteiger partial charge is 0.493 e. The highest BCUT2D eigenvalue weighted by atomic mass is 16.5. The lowest BCUT2D eigenvalue weighted by Crippen LogP contribution is -2.48. The van der Waals surface area contributed by atoms with E-state index in [9.17, 15) is 0 Å². The van der Waals surface area contributed by atoms with Crippen LogP contribution in [-0.2, 0) is 13.0 Å². The molecule has 1 atom stereocenters. The Morgan fingerprint density at radius 2 is 1.57 bits per heavy atom. The Balaban J connectivity index is 1.37. The Labute approximate surface area is 218 Å². The third-order valence-corrected chi connectivity index (χ3v) is 7.06. The Morgan fingerprint density at radius 3 is 2.27 bits per heavy atom. The molecule has 8 nitrogen and oxygen atoms in total. The summed E-state index contributed by atoms with van der Waals surface area (Å²) in [7, 11) is 3.31. The van der Waals surface area contributed by atoms with Gasteiger partial charge in [-0.05, 0) is 59.2 Å². The summed E-state index contributed by atoms with van der Waals surface area (Å²) in [6.07, 6.45) is 0.779. The number of anilines is 1. The van der Waals surface area contributed by atoms with Crippen molar-refractivity contribution in [2.45, 2.75) is 25.9 Å². The van der Waals surface area contributed by atoms with Crippen molar-refractivity contribution in [1.82, 2.24) is 25.1 Å². The molecule has 0 saturated carbocycles. The van der Waals surface area contributed by atoms with Gasteiger partial charge >= 0.3 is 0 Å². The van der Waals surface area contributed by atoms with Crippen molar-refractivity contribution >= 4 is 5.69 Å². The van der Waals surface area contributed by atoms with Crippen LogP contribution in [0.1, 0.15) is 28.6 Å². The second-order valence-electron chi connectivity index (χ2n) is 9.37. The number of tetrazole rings is 1. The van der Waals surface area contributed by atoms with Gasteiger partial charge in [0.15, 0.2) is 17.3 Å². The Hall–Kier alpha value is -3.91. The number of nitrogens with zero attached hydrogens (tertiary/aromatic N) is 6. The number of hydrogen-bond acceptors (Lipinski definition) is 7. The Bertz CT molecular complexity index is 1280. The molecule has 1 aromatic heterocycles. The van der Waals surface area contributed by atoms with E-state index < -0.39 is 0 Å². The zero-order chi connectivity index (χ0) is 25.6. The fourth-order valence-corrected chi connectivity index (χ4v) is 4.99. The Morgan fingerprint density at radius 1 is 0.838 bits per heavy atom. The summed E-state index contributed by atoms with van der Waals surface area (Å²) in [6, 6.07) is 25.4. The summed E-state index contributed by atoms with van der Waals surface area (Å²) in [6.45, 7) is 6.56. The van der Waals surface area contributed by atoms with Crippen molar-refractivity contribution in [2.24, 2.45) is 0 Å². The van der Waals surface area contributed by atoms with Gasteiger partial charge in [0.1, 0.15) is 0 Å². The van der Waals surface area contributed by atoms with E-state index in [2.05, 4.69) is 92.9 Å². The molecule has 0 bridgehead atoms. The van der Waals surface area contributed by atoms with Crippen molar-refractivity contribution in [3.8, 4) is 11.5 Å². The van der Waals surface area contributed by atoms with E-state index in [0.29, 0.717) is 6.54 Å². The first-order valence-corrected chi connectivity index (χ1v) is 12.7. The average molecular weight is 499 g/mol. The minimum absolute atomic E-state index is 0.0149. The SMILES string of the molecule is COc1ccc(CCn2nnnc2[C@H](c2ccc(C)cc2)N2CCN(c3ccccc3)CC2)cc1OC. The lowest BCUT2D eigenvalue weighted by molar-refractivity contribution is 0.200. The molecule has 0 spiro atoms. The van der Waals surface area contributed by atoms with Gasteiger partial charge in [-0.3, -0.25) is 4.90 Å². The van der Waals surface area contributed by atoms with Crippen LogP contribution in [0.3, 0.4) is 0 Å². The molecule has 192 valence electrons. The highest BCUT2D eigenvalue weighted by Gasteiger charge is 2.30. The van der Waals surface area contributed by atoms with E-state index in [4.69, 9.17) is 9.47 Å². The second-order valence-corrected chi connectivity index (χ2v) is 9.37. The van der Waals surface area contributed by atoms with Crippen LogP contribution in [0.4, 0.5) is 5.69 Å². The van der Waals surface area contributed by atoms with E-state index in [0.717, 1.165) is 55.5 Å². The van der Waals surface area contributed by atoms with Crippen molar-refractivity contribution in [2.75, 3.05) is 45.3 Å². The quantitative estimate of drug-likeness (QED) is 0.343. The van der Waals surface area contributed by atoms with Crippen LogP contribution in [0.5, 0.6) is 11.5 Å². The van der Waals surface area contributed by atoms with Gasteiger partial charge in [-0.1, -0.05) is 54.1 Å². The molecule has 1 fully saturated rings. The van der Waals surface area contributed by atoms with Crippen LogP contribution in [0.2, 0.25) is 0 Å². The minimum atomic E-state index is -0.0149. The summed E-state index contributed by atoms with van der Waals surface area (Å²) >= 11 is 0. The number of piperazine rings is 1. The molecule has 0 radical (unpaired) electrons. The van der Waals surface area contributed by atoms with Crippen molar-refractivity contribution in [3.63, 3.8) is 0 Å². The highest BCUT2D eigenvalue weighted by molar-refractivity contribution is 5.46. The maximum absolute atomic E-state index is 5.48. The van der Waals surface area contributed by atoms with Crippen molar-refractivity contribution < 1.29 is 9.47 Å². The van der Waals surface area contributed by atoms with Gasteiger partial charge in [0, 0.05) is 38.4 Å². The molecule has 8 heteroatoms. The van der Waals surface area contributed by atoms with Gasteiger partial charge in [-0.2, -0.15) is 0 Å². The molecule has 1 aliphatic heterocycles. The van der Waals surface area contributed by atoms with E-state index >= 15 is 0 Å². The van der Waals surface area contributed by atoms with Gasteiger partial charge in [-0.25, -0.2) is 4.68 Å². The van der Waals surface area contributed by atoms with E-state index in [1.54, 1.807) is 14.2 Å². The first-order chi connectivity index (χ1) is 18.2. The summed E-state index contributed by atoms with van der Waals surface area (Å²) in [5.74, 6) is 2.33. The molecule has 3 aromatic carbocycles. The third kappa shape index (κ3) is 5.59. The van der Waals surface area contributed by atoms with Crippen LogP contribution in [0, 0.1) is 6.92 Å². The van der Waals surface area contributed by atoms with Gasteiger partial charge in [0.25, 0.3) is 0 Å². The summed E-state index contributed by atoms with van der Waals surface area (Å²) < 4.78 is 12.8. The number of aromatic nitrogens is 4. The number of hydrogen-bond donors (Lipinski definition) is 0. The molecule has 2 heterocycles. The highest BCUT2D eigenvalue weighted by Crippen LogP contribution is 2.30. The number of methoxy groups -OCH3 is 2. The summed E-state index contributed by atoms with van der Waals surface area (Å²) in [4.78, 5) is 4.95. The maximum atomic E-state index is 5.48. The van der Waals surface area contributed by atoms with E-state index in [1.807, 2.05) is 16.8 Å². The number of ether oxygens (including phenoxy) is 2. The van der Waals surface area contributed by atoms with Crippen LogP contribution in [0.25, 0.3) is 0 Å². The second kappa shape index (κ2) is 11.4. The molecule has 37 heavy (non-hydrogen) atoms. The van der Waals surface area contributed by atoms with Gasteiger partial charge in [0.05, 0.1) is 20.3 Å². The van der Waals surface area contributed by atoms with Gasteiger partial charge in [-0.15, -0.1) is 5.10 Å². The van der Waals surface area contributed by atoms with Crippen molar-refractivity contribution in [3.05, 3.63) is 95.3 Å². The first-order valence-electron chi connectivity index (χ1n) is 12.7. The van der Waals surface area contributed by atoms with Crippen LogP contribution < -0.4 is 14.4 Å². The molecular formula is C29H34N6O2. The molecule has 0 amide bonds. The predicted molar refractivity (Wildman–Crippen MR) is 144 cm³/mol. The zero-order valence-electron chi connectivity index (χ0n) is 21.7. The number of para-hydroxylation sites is 1. The smallest absolute Gasteiger partial charge is 0.173 e. The number of aryl methyl sites for hydroxylation is 3. The number of rotatable bonds is 9. The van der Waals surface area contributed by atoms with E-state index in [1.165, 1.54) is 16.8 Å². The third-order valence-electron chi connectivity index (χ3n) is 7.06. The number of benzene rings is 3. The monoisotopic (exact) mass is 498 g/mol. The fraction of sp³-hybridized carbons (Fsp3) is 0.345. The lowest BCUT2D eigenvalue weighted by Gasteiger charge is -2.40. The molecule has 5 rings (SSSR count). The molecule has 1 aliphatic rings. The molecule has 0 N–H and O–H groups in total. The summed E-state index contributed by atoms with van der Waals surface area (Å²) in [5, 5.41) is 13.0. The van der Waals surface area contributed by atoms with Crippen LogP contribution in [0.15, 0.2) is 72.8 Å². The standard InChI is InChI=1S/C29H34N6O2/c1-22-9-12-24(13-10-22)28(34-19-17-33(18-20-34)25-7-5-4-6-8-25)29-30-31-32-35(29)16-15-23-11-14-26(36-2)27(21-23)37-3/h4-14,21,28H,15-20H2,1-3H3/t28-/m0/s1. The van der Waals surface area contributed by atoms with Crippen LogP contribution in [-0.4, -0.2) is 65.5 Å². The normalized spacial score (nSPS) is 14.9. The molecule has 1 saturated heterocycles. The molecular weight excluding hydrogens is 464 g/mol. The zero-order valence-corrected chi connectivity index (χ0v) is 21.7. The first kappa shape index (κ1) is 24.8. The topological polar surface area (TPSA) is 68.5 Å².